The van der Waals surface area contributed by atoms with E-state index >= 15 is 0 Å². The fraction of sp³-hybridized carbons (Fsp3) is 0.737. The molecule has 0 bridgehead atoms. The highest BCUT2D eigenvalue weighted by Crippen LogP contribution is 2.76. The predicted octanol–water partition coefficient (Wildman–Crippen LogP) is 9.21. The second-order valence-corrected chi connectivity index (χ2v) is 16.6. The van der Waals surface area contributed by atoms with Gasteiger partial charge in [0.1, 0.15) is 6.10 Å². The molecule has 10 atom stereocenters. The first-order valence-corrected chi connectivity index (χ1v) is 16.9. The van der Waals surface area contributed by atoms with E-state index in [-0.39, 0.29) is 45.1 Å². The maximum Gasteiger partial charge on any atom is 0.302 e. The number of carbonyl (C=O) groups is 2. The maximum absolute atomic E-state index is 14.4. The maximum atomic E-state index is 14.4. The molecule has 4 heteroatoms. The van der Waals surface area contributed by atoms with Crippen LogP contribution < -0.4 is 5.32 Å². The van der Waals surface area contributed by atoms with E-state index in [0.717, 1.165) is 50.6 Å². The third-order valence-electron chi connectivity index (χ3n) is 14.7. The van der Waals surface area contributed by atoms with Gasteiger partial charge in [0.25, 0.3) is 0 Å². The number of benzene rings is 1. The fourth-order valence-electron chi connectivity index (χ4n) is 12.0. The summed E-state index contributed by atoms with van der Waals surface area (Å²) in [4.78, 5) is 26.4. The summed E-state index contributed by atoms with van der Waals surface area (Å²) in [5, 5.41) is 3.38. The van der Waals surface area contributed by atoms with Crippen LogP contribution in [0.15, 0.2) is 42.0 Å². The monoisotopic (exact) mass is 573 g/mol. The Morgan fingerprint density at radius 2 is 1.57 bits per heavy atom. The smallest absolute Gasteiger partial charge is 0.302 e. The zero-order valence-electron chi connectivity index (χ0n) is 27.5. The molecule has 4 fully saturated rings. The zero-order chi connectivity index (χ0) is 30.3. The molecule has 1 amide bonds. The second kappa shape index (κ2) is 9.96. The number of amides is 1. The van der Waals surface area contributed by atoms with Gasteiger partial charge in [0, 0.05) is 18.0 Å². The van der Waals surface area contributed by atoms with Crippen molar-refractivity contribution < 1.29 is 14.3 Å². The number of esters is 1. The summed E-state index contributed by atoms with van der Waals surface area (Å²) in [6, 6.07) is 10.1. The van der Waals surface area contributed by atoms with Gasteiger partial charge in [-0.3, -0.25) is 9.59 Å². The Hall–Kier alpha value is -2.10. The third kappa shape index (κ3) is 4.05. The standard InChI is InChI=1S/C38H55NO3/c1-24-16-21-38(33(41)39-27-12-10-9-11-13-27)23-22-36(7)28(32(38)25(24)2)14-15-30-35(6)19-18-31(42-26(3)40)34(4,5)29(35)17-20-37(30,36)8/h9-14,24-25,29-32H,15-23H2,1-8H3,(H,39,41)/t24-,25+,29+,30-,31+,32+,35+,36-,37-,38+/m1/s1. The molecule has 0 heterocycles. The van der Waals surface area contributed by atoms with Gasteiger partial charge in [0.15, 0.2) is 0 Å². The van der Waals surface area contributed by atoms with Crippen molar-refractivity contribution >= 4 is 17.6 Å². The molecule has 42 heavy (non-hydrogen) atoms. The second-order valence-electron chi connectivity index (χ2n) is 16.6. The van der Waals surface area contributed by atoms with Gasteiger partial charge in [-0.25, -0.2) is 0 Å². The van der Waals surface area contributed by atoms with Crippen molar-refractivity contribution in [2.45, 2.75) is 119 Å². The Morgan fingerprint density at radius 3 is 2.26 bits per heavy atom. The Labute approximate surface area is 254 Å². The van der Waals surface area contributed by atoms with Gasteiger partial charge in [0.2, 0.25) is 5.91 Å². The lowest BCUT2D eigenvalue weighted by molar-refractivity contribution is -0.212. The summed E-state index contributed by atoms with van der Waals surface area (Å²) in [5.74, 6) is 2.62. The van der Waals surface area contributed by atoms with Crippen molar-refractivity contribution in [3.63, 3.8) is 0 Å². The van der Waals surface area contributed by atoms with Crippen LogP contribution in [0.5, 0.6) is 0 Å². The number of hydrogen-bond donors (Lipinski definition) is 1. The zero-order valence-corrected chi connectivity index (χ0v) is 27.5. The van der Waals surface area contributed by atoms with Crippen molar-refractivity contribution in [2.24, 2.45) is 56.7 Å². The van der Waals surface area contributed by atoms with Crippen LogP contribution >= 0.6 is 0 Å². The van der Waals surface area contributed by atoms with E-state index in [1.54, 1.807) is 12.5 Å². The minimum Gasteiger partial charge on any atom is -0.462 e. The molecule has 0 saturated heterocycles. The average Bonchev–Trinajstić information content (AvgIpc) is 2.93. The van der Waals surface area contributed by atoms with E-state index in [1.165, 1.54) is 12.8 Å². The first-order valence-electron chi connectivity index (χ1n) is 16.9. The van der Waals surface area contributed by atoms with Gasteiger partial charge >= 0.3 is 5.97 Å². The molecule has 0 aliphatic heterocycles. The largest absolute Gasteiger partial charge is 0.462 e. The molecular weight excluding hydrogens is 518 g/mol. The Morgan fingerprint density at radius 1 is 0.857 bits per heavy atom. The van der Waals surface area contributed by atoms with Gasteiger partial charge < -0.3 is 10.1 Å². The number of nitrogens with one attached hydrogen (secondary N) is 1. The summed E-state index contributed by atoms with van der Waals surface area (Å²) in [7, 11) is 0. The Balaban J connectivity index is 1.38. The number of carbonyl (C=O) groups excluding carboxylic acids is 2. The Bertz CT molecular complexity index is 1270. The molecule has 1 aromatic rings. The van der Waals surface area contributed by atoms with Crippen LogP contribution in [-0.4, -0.2) is 18.0 Å². The predicted molar refractivity (Wildman–Crippen MR) is 170 cm³/mol. The molecule has 1 aromatic carbocycles. The number of fused-ring (bicyclic) bond motifs is 7. The lowest BCUT2D eigenvalue weighted by Crippen LogP contribution is -2.65. The molecule has 5 aliphatic carbocycles. The molecule has 230 valence electrons. The van der Waals surface area contributed by atoms with E-state index in [2.05, 4.69) is 59.9 Å². The van der Waals surface area contributed by atoms with Crippen molar-refractivity contribution in [1.29, 1.82) is 0 Å². The molecule has 5 aliphatic rings. The normalized spacial score (nSPS) is 45.7. The van der Waals surface area contributed by atoms with Gasteiger partial charge in [-0.15, -0.1) is 0 Å². The van der Waals surface area contributed by atoms with Crippen molar-refractivity contribution in [3.05, 3.63) is 42.0 Å². The number of ether oxygens (including phenoxy) is 1. The highest BCUT2D eigenvalue weighted by Gasteiger charge is 2.69. The number of rotatable bonds is 3. The molecule has 4 nitrogen and oxygen atoms in total. The highest BCUT2D eigenvalue weighted by molar-refractivity contribution is 5.96. The van der Waals surface area contributed by atoms with E-state index in [1.807, 2.05) is 30.3 Å². The number of para-hydroxylation sites is 1. The highest BCUT2D eigenvalue weighted by atomic mass is 16.5. The molecule has 6 rings (SSSR count). The molecule has 0 unspecified atom stereocenters. The SMILES string of the molecule is CC(=O)O[C@H]1CC[C@]2(C)[C@H]3CC=C4[C@@H]5[C@@H](C)[C@H](C)CC[C@]5(C(=O)Nc5ccccc5)CC[C@@]4(C)[C@]3(C)CC[C@H]2C1(C)C. The number of allylic oxidation sites excluding steroid dienone is 2. The summed E-state index contributed by atoms with van der Waals surface area (Å²) >= 11 is 0. The van der Waals surface area contributed by atoms with Gasteiger partial charge in [-0.05, 0) is 116 Å². The van der Waals surface area contributed by atoms with Gasteiger partial charge in [0.05, 0.1) is 5.41 Å². The minimum absolute atomic E-state index is 0.00529. The number of hydrogen-bond acceptors (Lipinski definition) is 3. The molecule has 1 N–H and O–H groups in total. The first kappa shape index (κ1) is 29.9. The van der Waals surface area contributed by atoms with Crippen molar-refractivity contribution in [3.8, 4) is 0 Å². The van der Waals surface area contributed by atoms with Crippen molar-refractivity contribution in [2.75, 3.05) is 5.32 Å². The van der Waals surface area contributed by atoms with Gasteiger partial charge in [-0.2, -0.15) is 0 Å². The summed E-state index contributed by atoms with van der Waals surface area (Å²) in [6.45, 7) is 19.0. The van der Waals surface area contributed by atoms with E-state index < -0.39 is 0 Å². The molecule has 0 aromatic heterocycles. The quantitative estimate of drug-likeness (QED) is 0.290. The van der Waals surface area contributed by atoms with Crippen LogP contribution in [0, 0.1) is 56.7 Å². The van der Waals surface area contributed by atoms with Crippen LogP contribution in [0.1, 0.15) is 113 Å². The molecule has 0 radical (unpaired) electrons. The Kier molecular flexibility index (Phi) is 7.10. The van der Waals surface area contributed by atoms with Crippen LogP contribution in [-0.2, 0) is 14.3 Å². The average molecular weight is 574 g/mol. The van der Waals surface area contributed by atoms with Crippen LogP contribution in [0.3, 0.4) is 0 Å². The van der Waals surface area contributed by atoms with Gasteiger partial charge in [-0.1, -0.05) is 78.3 Å². The number of anilines is 1. The van der Waals surface area contributed by atoms with E-state index in [4.69, 9.17) is 4.74 Å². The topological polar surface area (TPSA) is 55.4 Å². The van der Waals surface area contributed by atoms with Crippen LogP contribution in [0.25, 0.3) is 0 Å². The minimum atomic E-state index is -0.332. The fourth-order valence-corrected chi connectivity index (χ4v) is 12.0. The van der Waals surface area contributed by atoms with Crippen LogP contribution in [0.4, 0.5) is 5.69 Å². The first-order chi connectivity index (χ1) is 19.7. The molecular formula is C38H55NO3. The van der Waals surface area contributed by atoms with Crippen molar-refractivity contribution in [1.82, 2.24) is 0 Å². The summed E-state index contributed by atoms with van der Waals surface area (Å²) < 4.78 is 5.94. The van der Waals surface area contributed by atoms with E-state index in [0.29, 0.717) is 29.6 Å². The summed E-state index contributed by atoms with van der Waals surface area (Å²) in [5.41, 5.74) is 2.66. The van der Waals surface area contributed by atoms with Crippen LogP contribution in [0.2, 0.25) is 0 Å². The molecule has 4 saturated carbocycles. The van der Waals surface area contributed by atoms with E-state index in [9.17, 15) is 9.59 Å². The molecule has 0 spiro atoms. The summed E-state index contributed by atoms with van der Waals surface area (Å²) in [6.07, 6.45) is 12.4. The third-order valence-corrected chi connectivity index (χ3v) is 14.7. The lowest BCUT2D eigenvalue weighted by atomic mass is 9.33. The lowest BCUT2D eigenvalue weighted by Gasteiger charge is -2.71.